The molecular weight excluding hydrogens is 182 g/mol. The summed E-state index contributed by atoms with van der Waals surface area (Å²) in [5.74, 6) is 1.77. The summed E-state index contributed by atoms with van der Waals surface area (Å²) < 4.78 is 8.81. The average molecular weight is 209 g/mol. The van der Waals surface area contributed by atoms with Gasteiger partial charge in [0.15, 0.2) is 0 Å². The summed E-state index contributed by atoms with van der Waals surface area (Å²) in [5.41, 5.74) is 0. The summed E-state index contributed by atoms with van der Waals surface area (Å²) in [4.78, 5) is 0.620. The van der Waals surface area contributed by atoms with Gasteiger partial charge < -0.3 is 4.89 Å². The topological polar surface area (TPSA) is 4.44 Å². The zero-order valence-corrected chi connectivity index (χ0v) is 10.1. The van der Waals surface area contributed by atoms with Gasteiger partial charge in [0.2, 0.25) is 0 Å². The fourth-order valence-electron chi connectivity index (χ4n) is 4.63. The summed E-state index contributed by atoms with van der Waals surface area (Å²) in [6.07, 6.45) is 12.6. The van der Waals surface area contributed by atoms with E-state index in [2.05, 4.69) is 7.05 Å². The predicted octanol–water partition coefficient (Wildman–Crippen LogP) is 2.02. The van der Waals surface area contributed by atoms with Crippen molar-refractivity contribution in [3.8, 4) is 0 Å². The van der Waals surface area contributed by atoms with Crippen LogP contribution in [0.5, 0.6) is 0 Å². The minimum Gasteiger partial charge on any atom is -0.332 e. The largest absolute Gasteiger partial charge is 0.348 e. The Hall–Kier alpha value is -0.0400. The maximum absolute atomic E-state index is 8.81. The van der Waals surface area contributed by atoms with E-state index in [-0.39, 0.29) is 0 Å². The molecule has 86 valence electrons. The van der Waals surface area contributed by atoms with E-state index in [4.69, 9.17) is 1.41 Å². The van der Waals surface area contributed by atoms with Gasteiger partial charge in [0, 0.05) is 11.8 Å². The van der Waals surface area contributed by atoms with Crippen molar-refractivity contribution in [1.82, 2.24) is 0 Å². The molecule has 0 aromatic heterocycles. The number of piperidine rings is 1. The van der Waals surface area contributed by atoms with Gasteiger partial charge in [0.05, 0.1) is 19.1 Å². The first-order valence-electron chi connectivity index (χ1n) is 7.53. The second kappa shape index (κ2) is 4.08. The van der Waals surface area contributed by atoms with Gasteiger partial charge in [-0.25, -0.2) is 0 Å². The zero-order valence-electron chi connectivity index (χ0n) is 11.1. The van der Waals surface area contributed by atoms with E-state index in [1.54, 1.807) is 0 Å². The molecule has 1 heteroatoms. The molecule has 0 radical (unpaired) electrons. The first kappa shape index (κ1) is 9.04. The van der Waals surface area contributed by atoms with Crippen molar-refractivity contribution in [1.29, 1.82) is 0 Å². The van der Waals surface area contributed by atoms with Crippen molar-refractivity contribution in [2.45, 2.75) is 69.9 Å². The van der Waals surface area contributed by atoms with Crippen LogP contribution in [0.25, 0.3) is 0 Å². The van der Waals surface area contributed by atoms with E-state index in [9.17, 15) is 0 Å². The Kier molecular flexibility index (Phi) is 2.46. The first-order valence-corrected chi connectivity index (χ1v) is 7.08. The van der Waals surface area contributed by atoms with Crippen molar-refractivity contribution < 1.29 is 6.30 Å². The van der Waals surface area contributed by atoms with Crippen LogP contribution >= 0.6 is 0 Å². The Labute approximate surface area is 95.7 Å². The first-order chi connectivity index (χ1) is 7.69. The fraction of sp³-hybridized carbons (Fsp3) is 1.00. The van der Waals surface area contributed by atoms with Gasteiger partial charge in [0.1, 0.15) is 0 Å². The summed E-state index contributed by atoms with van der Waals surface area (Å²) in [7, 11) is 2.21. The van der Waals surface area contributed by atoms with Crippen molar-refractivity contribution in [2.24, 2.45) is 11.8 Å². The molecule has 3 rings (SSSR count). The van der Waals surface area contributed by atoms with Gasteiger partial charge in [-0.15, -0.1) is 0 Å². The third kappa shape index (κ3) is 1.73. The molecule has 0 spiro atoms. The summed E-state index contributed by atoms with van der Waals surface area (Å²) in [5, 5.41) is 0. The Morgan fingerprint density at radius 2 is 1.33 bits per heavy atom. The van der Waals surface area contributed by atoms with Crippen LogP contribution in [0.3, 0.4) is 0 Å². The van der Waals surface area contributed by atoms with Crippen LogP contribution in [0.15, 0.2) is 0 Å². The fourth-order valence-corrected chi connectivity index (χ4v) is 4.63. The Morgan fingerprint density at radius 3 is 1.87 bits per heavy atom. The number of fused-ring (bicyclic) bond motifs is 2. The SMILES string of the molecule is [2H][N+]1(C)[C@@H]2CCCC[C@H]2C[C@H]2CCCC[C@@H]21. The maximum Gasteiger partial charge on any atom is 0.348 e. The summed E-state index contributed by atoms with van der Waals surface area (Å²) in [6.45, 7) is 0. The molecular formula is C14H26N+. The molecule has 5 atom stereocenters. The third-order valence-corrected chi connectivity index (χ3v) is 5.39. The highest BCUT2D eigenvalue weighted by atomic mass is 15.2. The molecule has 3 aliphatic rings. The van der Waals surface area contributed by atoms with Gasteiger partial charge in [-0.05, 0) is 44.9 Å². The van der Waals surface area contributed by atoms with Crippen LogP contribution < -0.4 is 4.89 Å². The molecule has 0 bridgehead atoms. The molecule has 0 aromatic rings. The lowest BCUT2D eigenvalue weighted by Gasteiger charge is -2.49. The van der Waals surface area contributed by atoms with Crippen LogP contribution in [0.4, 0.5) is 0 Å². The van der Waals surface area contributed by atoms with Crippen molar-refractivity contribution in [3.63, 3.8) is 0 Å². The number of hydrogen-bond acceptors (Lipinski definition) is 0. The molecule has 2 aliphatic carbocycles. The second-order valence-electron chi connectivity index (χ2n) is 6.12. The maximum atomic E-state index is 8.81. The number of quaternary nitrogens is 1. The van der Waals surface area contributed by atoms with E-state index in [0.717, 1.165) is 11.8 Å². The van der Waals surface area contributed by atoms with Crippen molar-refractivity contribution in [2.75, 3.05) is 7.05 Å². The molecule has 1 heterocycles. The molecule has 0 amide bonds. The van der Waals surface area contributed by atoms with Crippen LogP contribution in [0, 0.1) is 11.8 Å². The Morgan fingerprint density at radius 1 is 0.867 bits per heavy atom. The highest BCUT2D eigenvalue weighted by molar-refractivity contribution is 4.87. The van der Waals surface area contributed by atoms with Crippen LogP contribution in [-0.4, -0.2) is 19.1 Å². The lowest BCUT2D eigenvalue weighted by Crippen LogP contribution is -3.19. The van der Waals surface area contributed by atoms with E-state index < -0.39 is 0 Å². The van der Waals surface area contributed by atoms with E-state index >= 15 is 0 Å². The molecule has 1 aliphatic heterocycles. The minimum atomic E-state index is 0.620. The van der Waals surface area contributed by atoms with Crippen molar-refractivity contribution in [3.05, 3.63) is 0 Å². The number of hydrogen-bond donors (Lipinski definition) is 1. The normalized spacial score (nSPS) is 56.5. The summed E-state index contributed by atoms with van der Waals surface area (Å²) >= 11 is 0. The molecule has 1 unspecified atom stereocenters. The molecule has 2 saturated carbocycles. The van der Waals surface area contributed by atoms with Gasteiger partial charge >= 0.3 is 1.41 Å². The smallest absolute Gasteiger partial charge is 0.332 e. The van der Waals surface area contributed by atoms with Gasteiger partial charge in [-0.3, -0.25) is 0 Å². The number of likely N-dealkylation sites (tertiary alicyclic amines) is 1. The molecule has 1 nitrogen and oxygen atoms in total. The third-order valence-electron chi connectivity index (χ3n) is 5.39. The van der Waals surface area contributed by atoms with Gasteiger partial charge in [-0.1, -0.05) is 12.8 Å². The Bertz CT molecular complexity index is 239. The Balaban J connectivity index is 1.85. The average Bonchev–Trinajstić information content (AvgIpc) is 2.29. The molecule has 1 N–H and O–H groups in total. The number of nitrogens with one attached hydrogen (secondary N) is 1. The van der Waals surface area contributed by atoms with Gasteiger partial charge in [-0.2, -0.15) is 0 Å². The van der Waals surface area contributed by atoms with E-state index in [0.29, 0.717) is 17.0 Å². The molecule has 15 heavy (non-hydrogen) atoms. The van der Waals surface area contributed by atoms with Gasteiger partial charge in [0.25, 0.3) is 0 Å². The molecule has 1 saturated heterocycles. The highest BCUT2D eigenvalue weighted by Gasteiger charge is 2.45. The van der Waals surface area contributed by atoms with Crippen LogP contribution in [-0.2, 0) is 0 Å². The number of rotatable bonds is 0. The zero-order chi connectivity index (χ0) is 11.2. The predicted molar refractivity (Wildman–Crippen MR) is 63.0 cm³/mol. The molecule has 3 fully saturated rings. The quantitative estimate of drug-likeness (QED) is 0.622. The van der Waals surface area contributed by atoms with Crippen LogP contribution in [0.2, 0.25) is 1.41 Å². The van der Waals surface area contributed by atoms with E-state index in [1.807, 2.05) is 0 Å². The molecule has 0 aromatic carbocycles. The second-order valence-corrected chi connectivity index (χ2v) is 6.12. The summed E-state index contributed by atoms with van der Waals surface area (Å²) in [6, 6.07) is 1.35. The highest BCUT2D eigenvalue weighted by Crippen LogP contribution is 2.37. The van der Waals surface area contributed by atoms with Crippen molar-refractivity contribution >= 4 is 0 Å². The van der Waals surface area contributed by atoms with Crippen LogP contribution in [0.1, 0.15) is 57.8 Å². The standard InChI is InChI=1S/C14H25N/c1-15-13-8-4-2-6-11(13)10-12-7-3-5-9-14(12)15/h11-14H,2-10H2,1H3/p+1/t11-,12+,13+,14-/i/hD. The minimum absolute atomic E-state index is 0.620. The lowest BCUT2D eigenvalue weighted by atomic mass is 9.68. The monoisotopic (exact) mass is 209 g/mol. The van der Waals surface area contributed by atoms with E-state index in [1.165, 1.54) is 57.8 Å². The lowest BCUT2D eigenvalue weighted by molar-refractivity contribution is -0.947.